The molecule has 18 heavy (non-hydrogen) atoms. The molecule has 0 aliphatic carbocycles. The van der Waals surface area contributed by atoms with E-state index in [4.69, 9.17) is 14.2 Å². The van der Waals surface area contributed by atoms with Crippen LogP contribution in [-0.4, -0.2) is 32.9 Å². The smallest absolute Gasteiger partial charge is 0.164 e. The van der Waals surface area contributed by atoms with Gasteiger partial charge in [0.25, 0.3) is 0 Å². The monoisotopic (exact) mass is 253 g/mol. The van der Waals surface area contributed by atoms with E-state index in [2.05, 4.69) is 5.32 Å². The molecule has 0 bridgehead atoms. The summed E-state index contributed by atoms with van der Waals surface area (Å²) in [6.45, 7) is 3.19. The van der Waals surface area contributed by atoms with Crippen LogP contribution in [-0.2, 0) is 4.74 Å². The van der Waals surface area contributed by atoms with Gasteiger partial charge in [-0.25, -0.2) is 4.39 Å². The van der Waals surface area contributed by atoms with Gasteiger partial charge in [-0.3, -0.25) is 0 Å². The Hall–Kier alpha value is -1.33. The maximum absolute atomic E-state index is 14.1. The van der Waals surface area contributed by atoms with Crippen molar-refractivity contribution >= 4 is 0 Å². The molecule has 1 fully saturated rings. The van der Waals surface area contributed by atoms with E-state index in [1.54, 1.807) is 6.07 Å². The van der Waals surface area contributed by atoms with Crippen LogP contribution in [0.2, 0.25) is 0 Å². The van der Waals surface area contributed by atoms with Crippen LogP contribution in [0.5, 0.6) is 11.5 Å². The molecule has 4 nitrogen and oxygen atoms in total. The van der Waals surface area contributed by atoms with Crippen molar-refractivity contribution in [1.82, 2.24) is 5.32 Å². The lowest BCUT2D eigenvalue weighted by molar-refractivity contribution is 0.0253. The molecule has 5 heteroatoms. The molecule has 1 saturated heterocycles. The number of ether oxygens (including phenoxy) is 3. The van der Waals surface area contributed by atoms with Crippen molar-refractivity contribution in [3.63, 3.8) is 0 Å². The van der Waals surface area contributed by atoms with Crippen molar-refractivity contribution in [2.24, 2.45) is 0 Å². The predicted octanol–water partition coefficient (Wildman–Crippen LogP) is 1.65. The van der Waals surface area contributed by atoms with E-state index in [9.17, 15) is 4.39 Å². The predicted molar refractivity (Wildman–Crippen MR) is 63.6 cm³/mol. The highest BCUT2D eigenvalue weighted by Crippen LogP contribution is 2.35. The third kappa shape index (κ3) is 2.28. The Bertz CT molecular complexity index is 432. The summed E-state index contributed by atoms with van der Waals surface area (Å²) in [7, 11) is 0. The van der Waals surface area contributed by atoms with Crippen LogP contribution in [0.4, 0.5) is 4.39 Å². The van der Waals surface area contributed by atoms with Gasteiger partial charge in [0, 0.05) is 31.1 Å². The number of fused-ring (bicyclic) bond motifs is 1. The third-order valence-electron chi connectivity index (χ3n) is 3.14. The van der Waals surface area contributed by atoms with E-state index < -0.39 is 0 Å². The SMILES string of the molecule is Fc1cc2c(cc1C1CNCCO1)OCCCO2. The molecule has 3 rings (SSSR count). The van der Waals surface area contributed by atoms with Gasteiger partial charge in [-0.15, -0.1) is 0 Å². The van der Waals surface area contributed by atoms with Crippen molar-refractivity contribution in [2.75, 3.05) is 32.9 Å². The third-order valence-corrected chi connectivity index (χ3v) is 3.14. The molecule has 0 spiro atoms. The molecule has 98 valence electrons. The van der Waals surface area contributed by atoms with Crippen molar-refractivity contribution in [1.29, 1.82) is 0 Å². The molecular formula is C13H16FNO3. The molecule has 0 radical (unpaired) electrons. The summed E-state index contributed by atoms with van der Waals surface area (Å²) in [5.74, 6) is 0.795. The second-order valence-electron chi connectivity index (χ2n) is 4.43. The highest BCUT2D eigenvalue weighted by Gasteiger charge is 2.23. The maximum atomic E-state index is 14.1. The summed E-state index contributed by atoms with van der Waals surface area (Å²) in [4.78, 5) is 0. The fraction of sp³-hybridized carbons (Fsp3) is 0.538. The van der Waals surface area contributed by atoms with Crippen LogP contribution in [0.25, 0.3) is 0 Å². The van der Waals surface area contributed by atoms with E-state index in [-0.39, 0.29) is 11.9 Å². The summed E-state index contributed by atoms with van der Waals surface area (Å²) < 4.78 is 30.6. The Morgan fingerprint density at radius 1 is 1.11 bits per heavy atom. The van der Waals surface area contributed by atoms with Gasteiger partial charge in [0.05, 0.1) is 25.9 Å². The van der Waals surface area contributed by atoms with Gasteiger partial charge >= 0.3 is 0 Å². The molecule has 0 aromatic heterocycles. The molecule has 2 aliphatic heterocycles. The molecule has 0 saturated carbocycles. The molecule has 1 N–H and O–H groups in total. The normalized spacial score (nSPS) is 23.5. The Balaban J connectivity index is 1.92. The van der Waals surface area contributed by atoms with Crippen LogP contribution in [0.15, 0.2) is 12.1 Å². The Morgan fingerprint density at radius 2 is 1.89 bits per heavy atom. The van der Waals surface area contributed by atoms with E-state index >= 15 is 0 Å². The number of morpholine rings is 1. The molecule has 1 atom stereocenters. The second-order valence-corrected chi connectivity index (χ2v) is 4.43. The first-order valence-corrected chi connectivity index (χ1v) is 6.26. The number of benzene rings is 1. The number of nitrogens with one attached hydrogen (secondary N) is 1. The fourth-order valence-corrected chi connectivity index (χ4v) is 2.21. The highest BCUT2D eigenvalue weighted by atomic mass is 19.1. The lowest BCUT2D eigenvalue weighted by Crippen LogP contribution is -2.33. The molecule has 1 unspecified atom stereocenters. The van der Waals surface area contributed by atoms with Gasteiger partial charge < -0.3 is 19.5 Å². The first kappa shape index (κ1) is 11.7. The average Bonchev–Trinajstić information content (AvgIpc) is 2.63. The molecule has 1 aromatic rings. The van der Waals surface area contributed by atoms with Crippen molar-refractivity contribution < 1.29 is 18.6 Å². The lowest BCUT2D eigenvalue weighted by Gasteiger charge is -2.25. The van der Waals surface area contributed by atoms with Gasteiger partial charge in [0.1, 0.15) is 5.82 Å². The van der Waals surface area contributed by atoms with Crippen LogP contribution in [0, 0.1) is 5.82 Å². The Morgan fingerprint density at radius 3 is 2.61 bits per heavy atom. The van der Waals surface area contributed by atoms with Crippen molar-refractivity contribution in [3.8, 4) is 11.5 Å². The molecular weight excluding hydrogens is 237 g/mol. The van der Waals surface area contributed by atoms with Gasteiger partial charge in [-0.05, 0) is 6.07 Å². The van der Waals surface area contributed by atoms with Crippen molar-refractivity contribution in [2.45, 2.75) is 12.5 Å². The zero-order valence-electron chi connectivity index (χ0n) is 10.1. The molecule has 1 aromatic carbocycles. The summed E-state index contributed by atoms with van der Waals surface area (Å²) in [6.07, 6.45) is 0.559. The first-order valence-electron chi connectivity index (χ1n) is 6.26. The number of hydrogen-bond donors (Lipinski definition) is 1. The molecule has 2 aliphatic rings. The first-order chi connectivity index (χ1) is 8.84. The minimum absolute atomic E-state index is 0.254. The number of halogens is 1. The van der Waals surface area contributed by atoms with E-state index in [0.29, 0.717) is 43.4 Å². The minimum Gasteiger partial charge on any atom is -0.490 e. The minimum atomic E-state index is -0.298. The quantitative estimate of drug-likeness (QED) is 0.826. The lowest BCUT2D eigenvalue weighted by atomic mass is 10.1. The topological polar surface area (TPSA) is 39.7 Å². The summed E-state index contributed by atoms with van der Waals surface area (Å²) in [5, 5.41) is 3.19. The summed E-state index contributed by atoms with van der Waals surface area (Å²) in [5.41, 5.74) is 0.534. The van der Waals surface area contributed by atoms with Gasteiger partial charge in [-0.1, -0.05) is 0 Å². The summed E-state index contributed by atoms with van der Waals surface area (Å²) in [6, 6.07) is 3.10. The maximum Gasteiger partial charge on any atom is 0.164 e. The van der Waals surface area contributed by atoms with Crippen LogP contribution < -0.4 is 14.8 Å². The molecule has 2 heterocycles. The largest absolute Gasteiger partial charge is 0.490 e. The van der Waals surface area contributed by atoms with Crippen LogP contribution in [0.3, 0.4) is 0 Å². The standard InChI is InChI=1S/C13H16FNO3/c14-10-7-12-11(16-3-1-4-17-12)6-9(10)13-8-15-2-5-18-13/h6-7,13,15H,1-5,8H2. The van der Waals surface area contributed by atoms with Gasteiger partial charge in [0.15, 0.2) is 11.5 Å². The van der Waals surface area contributed by atoms with Gasteiger partial charge in [0.2, 0.25) is 0 Å². The Kier molecular flexibility index (Phi) is 3.34. The Labute approximate surface area is 105 Å². The van der Waals surface area contributed by atoms with E-state index in [1.807, 2.05) is 0 Å². The van der Waals surface area contributed by atoms with E-state index in [1.165, 1.54) is 6.07 Å². The summed E-state index contributed by atoms with van der Waals surface area (Å²) >= 11 is 0. The average molecular weight is 253 g/mol. The van der Waals surface area contributed by atoms with Gasteiger partial charge in [-0.2, -0.15) is 0 Å². The van der Waals surface area contributed by atoms with Crippen molar-refractivity contribution in [3.05, 3.63) is 23.5 Å². The van der Waals surface area contributed by atoms with E-state index in [0.717, 1.165) is 13.0 Å². The number of hydrogen-bond acceptors (Lipinski definition) is 4. The fourth-order valence-electron chi connectivity index (χ4n) is 2.21. The van der Waals surface area contributed by atoms with Crippen LogP contribution >= 0.6 is 0 Å². The van der Waals surface area contributed by atoms with Crippen LogP contribution in [0.1, 0.15) is 18.1 Å². The zero-order chi connectivity index (χ0) is 12.4. The second kappa shape index (κ2) is 5.12. The number of rotatable bonds is 1. The zero-order valence-corrected chi connectivity index (χ0v) is 10.1. The highest BCUT2D eigenvalue weighted by molar-refractivity contribution is 5.45. The molecule has 0 amide bonds.